The summed E-state index contributed by atoms with van der Waals surface area (Å²) in [6.07, 6.45) is 1.00. The second kappa shape index (κ2) is 12.1. The molecule has 4 nitrogen and oxygen atoms in total. The first kappa shape index (κ1) is 25.1. The lowest BCUT2D eigenvalue weighted by atomic mass is 9.89. The maximum atomic E-state index is 13.9. The molecule has 188 valence electrons. The van der Waals surface area contributed by atoms with Crippen LogP contribution in [0.5, 0.6) is 11.5 Å². The number of nitrogens with zero attached hydrogens (tertiary/aromatic N) is 1. The van der Waals surface area contributed by atoms with E-state index in [4.69, 9.17) is 16.3 Å². The number of hydrogen-bond acceptors (Lipinski definition) is 3. The Bertz CT molecular complexity index is 1300. The number of halogens is 1. The topological polar surface area (TPSA) is 41.6 Å². The fourth-order valence-electron chi connectivity index (χ4n) is 4.97. The molecule has 0 aliphatic carbocycles. The van der Waals surface area contributed by atoms with E-state index in [0.717, 1.165) is 30.8 Å². The fourth-order valence-corrected chi connectivity index (χ4v) is 5.10. The molecule has 1 heterocycles. The van der Waals surface area contributed by atoms with E-state index < -0.39 is 0 Å². The van der Waals surface area contributed by atoms with E-state index in [2.05, 4.69) is 35.6 Å². The summed E-state index contributed by atoms with van der Waals surface area (Å²) in [5.74, 6) is 2.22. The summed E-state index contributed by atoms with van der Waals surface area (Å²) < 4.78 is 6.00. The zero-order valence-corrected chi connectivity index (χ0v) is 21.5. The molecule has 0 aromatic heterocycles. The summed E-state index contributed by atoms with van der Waals surface area (Å²) in [6, 6.07) is 35.4. The van der Waals surface area contributed by atoms with E-state index in [1.165, 1.54) is 5.56 Å². The van der Waals surface area contributed by atoms with Crippen LogP contribution in [0.4, 0.5) is 0 Å². The van der Waals surface area contributed by atoms with Gasteiger partial charge in [-0.1, -0.05) is 78.3 Å². The summed E-state index contributed by atoms with van der Waals surface area (Å²) in [5, 5.41) is 4.25. The molecule has 1 aliphatic heterocycles. The van der Waals surface area contributed by atoms with E-state index in [9.17, 15) is 4.79 Å². The lowest BCUT2D eigenvalue weighted by Crippen LogP contribution is -2.37. The van der Waals surface area contributed by atoms with Crippen molar-refractivity contribution in [3.05, 3.63) is 131 Å². The molecule has 0 unspecified atom stereocenters. The number of rotatable bonds is 9. The largest absolute Gasteiger partial charge is 0.457 e. The average Bonchev–Trinajstić information content (AvgIpc) is 3.36. The maximum absolute atomic E-state index is 13.9. The molecular weight excluding hydrogens is 480 g/mol. The number of hydrogen-bond donors (Lipinski definition) is 1. The number of nitrogens with one attached hydrogen (secondary N) is 1. The predicted molar refractivity (Wildman–Crippen MR) is 149 cm³/mol. The first-order valence-electron chi connectivity index (χ1n) is 12.8. The summed E-state index contributed by atoms with van der Waals surface area (Å²) in [6.45, 7) is 3.06. The van der Waals surface area contributed by atoms with Crippen LogP contribution in [0.25, 0.3) is 0 Å². The van der Waals surface area contributed by atoms with Gasteiger partial charge in [0.25, 0.3) is 5.91 Å². The molecule has 0 radical (unpaired) electrons. The van der Waals surface area contributed by atoms with Crippen molar-refractivity contribution in [2.24, 2.45) is 11.8 Å². The predicted octanol–water partition coefficient (Wildman–Crippen LogP) is 6.85. The zero-order valence-electron chi connectivity index (χ0n) is 20.7. The van der Waals surface area contributed by atoms with Crippen LogP contribution in [0.1, 0.15) is 21.5 Å². The first-order valence-corrected chi connectivity index (χ1v) is 13.1. The lowest BCUT2D eigenvalue weighted by Gasteiger charge is -2.29. The second-order valence-corrected chi connectivity index (χ2v) is 10.1. The minimum Gasteiger partial charge on any atom is -0.457 e. The average molecular weight is 511 g/mol. The molecule has 1 saturated heterocycles. The van der Waals surface area contributed by atoms with Gasteiger partial charge in [-0.3, -0.25) is 4.79 Å². The third kappa shape index (κ3) is 6.79. The van der Waals surface area contributed by atoms with Crippen LogP contribution >= 0.6 is 11.6 Å². The van der Waals surface area contributed by atoms with Gasteiger partial charge in [-0.2, -0.15) is 0 Å². The first-order chi connectivity index (χ1) is 18.1. The number of ether oxygens (including phenoxy) is 1. The Balaban J connectivity index is 1.36. The normalized spacial score (nSPS) is 16.9. The second-order valence-electron chi connectivity index (χ2n) is 9.62. The fraction of sp³-hybridized carbons (Fsp3) is 0.219. The molecule has 0 bridgehead atoms. The quantitative estimate of drug-likeness (QED) is 0.267. The highest BCUT2D eigenvalue weighted by molar-refractivity contribution is 6.30. The number of benzene rings is 4. The van der Waals surface area contributed by atoms with Crippen molar-refractivity contribution in [2.75, 3.05) is 19.6 Å². The van der Waals surface area contributed by atoms with Gasteiger partial charge in [-0.05, 0) is 84.9 Å². The van der Waals surface area contributed by atoms with Gasteiger partial charge in [-0.15, -0.1) is 0 Å². The highest BCUT2D eigenvalue weighted by Gasteiger charge is 2.30. The standard InChI is InChI=1S/C32H31ClN2O2/c33-29-16-14-25(15-17-29)22-35(23-28-21-34-20-27(28)18-24-8-3-1-4-9-24)32(36)26-10-7-13-31(19-26)37-30-11-5-2-6-12-30/h1-17,19,27-28,34H,18,20-23H2/t27-,28+/m0/s1. The van der Waals surface area contributed by atoms with Crippen LogP contribution in [0.3, 0.4) is 0 Å². The monoisotopic (exact) mass is 510 g/mol. The molecule has 37 heavy (non-hydrogen) atoms. The molecule has 0 saturated carbocycles. The molecular formula is C32H31ClN2O2. The van der Waals surface area contributed by atoms with Crippen LogP contribution in [0.15, 0.2) is 109 Å². The van der Waals surface area contributed by atoms with Gasteiger partial charge in [0.1, 0.15) is 11.5 Å². The molecule has 0 spiro atoms. The number of carbonyl (C=O) groups excluding carboxylic acids is 1. The van der Waals surface area contributed by atoms with Gasteiger partial charge < -0.3 is 15.0 Å². The molecule has 1 N–H and O–H groups in total. The summed E-state index contributed by atoms with van der Waals surface area (Å²) in [4.78, 5) is 15.9. The maximum Gasteiger partial charge on any atom is 0.254 e. The molecule has 5 heteroatoms. The number of para-hydroxylation sites is 1. The van der Waals surface area contributed by atoms with Crippen molar-refractivity contribution < 1.29 is 9.53 Å². The third-order valence-corrected chi connectivity index (χ3v) is 7.16. The highest BCUT2D eigenvalue weighted by Crippen LogP contribution is 2.26. The van der Waals surface area contributed by atoms with Gasteiger partial charge in [0.2, 0.25) is 0 Å². The van der Waals surface area contributed by atoms with Crippen molar-refractivity contribution in [3.63, 3.8) is 0 Å². The molecule has 1 aliphatic rings. The van der Waals surface area contributed by atoms with E-state index >= 15 is 0 Å². The van der Waals surface area contributed by atoms with Gasteiger partial charge in [-0.25, -0.2) is 0 Å². The van der Waals surface area contributed by atoms with Gasteiger partial charge in [0, 0.05) is 23.7 Å². The van der Waals surface area contributed by atoms with Crippen molar-refractivity contribution in [1.29, 1.82) is 0 Å². The molecule has 4 aromatic rings. The third-order valence-electron chi connectivity index (χ3n) is 6.91. The Morgan fingerprint density at radius 3 is 2.22 bits per heavy atom. The van der Waals surface area contributed by atoms with Crippen LogP contribution in [0.2, 0.25) is 5.02 Å². The summed E-state index contributed by atoms with van der Waals surface area (Å²) in [5.41, 5.74) is 3.01. The van der Waals surface area contributed by atoms with Crippen LogP contribution in [-0.2, 0) is 13.0 Å². The molecule has 5 rings (SSSR count). The minimum absolute atomic E-state index is 0.00109. The van der Waals surface area contributed by atoms with Crippen LogP contribution in [-0.4, -0.2) is 30.4 Å². The lowest BCUT2D eigenvalue weighted by molar-refractivity contribution is 0.0705. The van der Waals surface area contributed by atoms with Gasteiger partial charge in [0.15, 0.2) is 0 Å². The van der Waals surface area contributed by atoms with E-state index in [1.54, 1.807) is 0 Å². The van der Waals surface area contributed by atoms with Crippen molar-refractivity contribution in [2.45, 2.75) is 13.0 Å². The molecule has 2 atom stereocenters. The van der Waals surface area contributed by atoms with Crippen molar-refractivity contribution in [1.82, 2.24) is 10.2 Å². The molecule has 4 aromatic carbocycles. The van der Waals surface area contributed by atoms with E-state index in [1.807, 2.05) is 83.8 Å². The van der Waals surface area contributed by atoms with Crippen LogP contribution in [0, 0.1) is 11.8 Å². The summed E-state index contributed by atoms with van der Waals surface area (Å²) >= 11 is 6.12. The Kier molecular flexibility index (Phi) is 8.19. The Morgan fingerprint density at radius 2 is 1.46 bits per heavy atom. The minimum atomic E-state index is -0.00109. The zero-order chi connectivity index (χ0) is 25.5. The SMILES string of the molecule is O=C(c1cccc(Oc2ccccc2)c1)N(Cc1ccc(Cl)cc1)C[C@H]1CNC[C@@H]1Cc1ccccc1. The van der Waals surface area contributed by atoms with Crippen molar-refractivity contribution >= 4 is 17.5 Å². The Hall–Kier alpha value is -3.60. The summed E-state index contributed by atoms with van der Waals surface area (Å²) in [7, 11) is 0. The van der Waals surface area contributed by atoms with E-state index in [-0.39, 0.29) is 5.91 Å². The molecule has 1 fully saturated rings. The van der Waals surface area contributed by atoms with Gasteiger partial charge >= 0.3 is 0 Å². The van der Waals surface area contributed by atoms with Crippen LogP contribution < -0.4 is 10.1 Å². The van der Waals surface area contributed by atoms with E-state index in [0.29, 0.717) is 41.3 Å². The van der Waals surface area contributed by atoms with Crippen molar-refractivity contribution in [3.8, 4) is 11.5 Å². The number of carbonyl (C=O) groups is 1. The highest BCUT2D eigenvalue weighted by atomic mass is 35.5. The Labute approximate surface area is 223 Å². The number of amides is 1. The van der Waals surface area contributed by atoms with Gasteiger partial charge in [0.05, 0.1) is 0 Å². The molecule has 1 amide bonds. The Morgan fingerprint density at radius 1 is 0.784 bits per heavy atom. The smallest absolute Gasteiger partial charge is 0.254 e.